The molecule has 2 aromatic rings. The molecular weight excluding hydrogens is 369 g/mol. The van der Waals surface area contributed by atoms with Gasteiger partial charge in [0.2, 0.25) is 0 Å². The number of carbonyl (C=O) groups is 1. The third kappa shape index (κ3) is 3.79. The summed E-state index contributed by atoms with van der Waals surface area (Å²) in [6.07, 6.45) is 3.60. The summed E-state index contributed by atoms with van der Waals surface area (Å²) in [7, 11) is -0.382. The summed E-state index contributed by atoms with van der Waals surface area (Å²) in [6, 6.07) is 8.00. The summed E-state index contributed by atoms with van der Waals surface area (Å²) in [5, 5.41) is 11.7. The molecule has 154 valence electrons. The van der Waals surface area contributed by atoms with Crippen LogP contribution in [0.5, 0.6) is 0 Å². The number of rotatable bonds is 4. The van der Waals surface area contributed by atoms with E-state index in [1.807, 2.05) is 58.2 Å². The lowest BCUT2D eigenvalue weighted by atomic mass is 9.79. The van der Waals surface area contributed by atoms with Crippen molar-refractivity contribution in [3.63, 3.8) is 0 Å². The Hall–Kier alpha value is -2.32. The van der Waals surface area contributed by atoms with Gasteiger partial charge in [-0.05, 0) is 51.6 Å². The molecule has 1 aliphatic heterocycles. The summed E-state index contributed by atoms with van der Waals surface area (Å²) < 4.78 is 12.2. The zero-order valence-corrected chi connectivity index (χ0v) is 17.4. The molecule has 2 fully saturated rings. The van der Waals surface area contributed by atoms with Crippen LogP contribution in [-0.4, -0.2) is 45.5 Å². The minimum absolute atomic E-state index is 0.0859. The van der Waals surface area contributed by atoms with Crippen LogP contribution in [0.2, 0.25) is 0 Å². The maximum absolute atomic E-state index is 11.0. The van der Waals surface area contributed by atoms with E-state index in [1.54, 1.807) is 0 Å². The zero-order chi connectivity index (χ0) is 20.8. The molecule has 1 saturated heterocycles. The van der Waals surface area contributed by atoms with Crippen molar-refractivity contribution in [2.75, 3.05) is 0 Å². The number of H-pyrrole nitrogens is 1. The Morgan fingerprint density at radius 2 is 1.83 bits per heavy atom. The molecule has 29 heavy (non-hydrogen) atoms. The third-order valence-corrected chi connectivity index (χ3v) is 6.52. The van der Waals surface area contributed by atoms with E-state index in [2.05, 4.69) is 15.3 Å². The van der Waals surface area contributed by atoms with Crippen LogP contribution < -0.4 is 10.8 Å². The normalized spacial score (nSPS) is 25.3. The van der Waals surface area contributed by atoms with Gasteiger partial charge >= 0.3 is 13.2 Å². The fraction of sp³-hybridized carbons (Fsp3) is 0.524. The summed E-state index contributed by atoms with van der Waals surface area (Å²) in [5.74, 6) is 0.926. The van der Waals surface area contributed by atoms with Gasteiger partial charge in [0.25, 0.3) is 0 Å². The second-order valence-corrected chi connectivity index (χ2v) is 8.99. The first-order chi connectivity index (χ1) is 13.7. The van der Waals surface area contributed by atoms with E-state index >= 15 is 0 Å². The predicted octanol–water partition coefficient (Wildman–Crippen LogP) is 3.28. The summed E-state index contributed by atoms with van der Waals surface area (Å²) in [6.45, 7) is 8.18. The maximum Gasteiger partial charge on any atom is 0.494 e. The van der Waals surface area contributed by atoms with Crippen molar-refractivity contribution in [2.24, 2.45) is 0 Å². The highest BCUT2D eigenvalue weighted by molar-refractivity contribution is 6.62. The lowest BCUT2D eigenvalue weighted by Gasteiger charge is -2.32. The highest BCUT2D eigenvalue weighted by Gasteiger charge is 2.51. The van der Waals surface area contributed by atoms with Gasteiger partial charge in [0.1, 0.15) is 5.82 Å². The lowest BCUT2D eigenvalue weighted by Crippen LogP contribution is -2.41. The predicted molar refractivity (Wildman–Crippen MR) is 111 cm³/mol. The Balaban J connectivity index is 1.49. The molecule has 2 heterocycles. The van der Waals surface area contributed by atoms with Crippen LogP contribution in [0.25, 0.3) is 11.3 Å². The Kier molecular flexibility index (Phi) is 4.95. The van der Waals surface area contributed by atoms with Crippen molar-refractivity contribution >= 4 is 18.7 Å². The number of amides is 1. The van der Waals surface area contributed by atoms with Crippen LogP contribution in [-0.2, 0) is 9.31 Å². The minimum atomic E-state index is -0.980. The van der Waals surface area contributed by atoms with Crippen molar-refractivity contribution in [3.05, 3.63) is 36.3 Å². The average molecular weight is 397 g/mol. The molecular formula is C21H28BN3O4. The molecule has 1 aromatic heterocycles. The smallest absolute Gasteiger partial charge is 0.465 e. The van der Waals surface area contributed by atoms with Gasteiger partial charge < -0.3 is 24.7 Å². The van der Waals surface area contributed by atoms with Gasteiger partial charge in [0.05, 0.1) is 23.1 Å². The summed E-state index contributed by atoms with van der Waals surface area (Å²) in [5.41, 5.74) is 2.19. The monoisotopic (exact) mass is 397 g/mol. The molecule has 1 amide bonds. The molecule has 1 aliphatic carbocycles. The molecule has 1 aromatic carbocycles. The number of aromatic amines is 1. The number of nitrogens with one attached hydrogen (secondary N) is 2. The van der Waals surface area contributed by atoms with E-state index in [9.17, 15) is 4.79 Å². The van der Waals surface area contributed by atoms with E-state index in [4.69, 9.17) is 14.4 Å². The molecule has 0 radical (unpaired) electrons. The highest BCUT2D eigenvalue weighted by Crippen LogP contribution is 2.37. The standard InChI is InChI=1S/C21H28BN3O4/c1-20(2)21(3,4)29-22(28-20)14-10-8-13(9-11-14)17-12-23-18(24-17)15-6-5-7-16(15)25-19(26)27/h8-12,15-16,25H,5-7H2,1-4H3,(H,23,24)(H,26,27). The first-order valence-electron chi connectivity index (χ1n) is 10.2. The summed E-state index contributed by atoms with van der Waals surface area (Å²) in [4.78, 5) is 18.9. The second kappa shape index (κ2) is 7.18. The van der Waals surface area contributed by atoms with Crippen molar-refractivity contribution < 1.29 is 19.2 Å². The molecule has 0 bridgehead atoms. The van der Waals surface area contributed by atoms with Crippen LogP contribution in [0, 0.1) is 0 Å². The number of benzene rings is 1. The van der Waals surface area contributed by atoms with E-state index in [-0.39, 0.29) is 30.3 Å². The van der Waals surface area contributed by atoms with Gasteiger partial charge in [0.15, 0.2) is 0 Å². The Morgan fingerprint density at radius 1 is 1.17 bits per heavy atom. The van der Waals surface area contributed by atoms with Gasteiger partial charge in [-0.1, -0.05) is 30.7 Å². The van der Waals surface area contributed by atoms with Crippen molar-refractivity contribution in [3.8, 4) is 11.3 Å². The Labute approximate surface area is 171 Å². The van der Waals surface area contributed by atoms with Crippen LogP contribution >= 0.6 is 0 Å². The van der Waals surface area contributed by atoms with Gasteiger partial charge in [-0.15, -0.1) is 0 Å². The molecule has 0 spiro atoms. The average Bonchev–Trinajstić information content (AvgIpc) is 3.33. The van der Waals surface area contributed by atoms with Crippen LogP contribution in [0.15, 0.2) is 30.5 Å². The molecule has 4 rings (SSSR count). The molecule has 3 N–H and O–H groups in total. The molecule has 2 atom stereocenters. The molecule has 7 nitrogen and oxygen atoms in total. The SMILES string of the molecule is CC1(C)OB(c2ccc(-c3cnc(C4CCCC4NC(=O)O)[nH]3)cc2)OC1(C)C. The fourth-order valence-corrected chi connectivity index (χ4v) is 4.09. The van der Waals surface area contributed by atoms with E-state index < -0.39 is 6.09 Å². The topological polar surface area (TPSA) is 96.5 Å². The maximum atomic E-state index is 11.0. The van der Waals surface area contributed by atoms with Crippen LogP contribution in [0.3, 0.4) is 0 Å². The Morgan fingerprint density at radius 3 is 2.45 bits per heavy atom. The number of aromatic nitrogens is 2. The van der Waals surface area contributed by atoms with Gasteiger partial charge in [0, 0.05) is 12.0 Å². The zero-order valence-electron chi connectivity index (χ0n) is 17.4. The number of nitrogens with zero attached hydrogens (tertiary/aromatic N) is 1. The second-order valence-electron chi connectivity index (χ2n) is 8.99. The quantitative estimate of drug-likeness (QED) is 0.688. The lowest BCUT2D eigenvalue weighted by molar-refractivity contribution is 0.00578. The van der Waals surface area contributed by atoms with E-state index in [0.717, 1.165) is 41.8 Å². The van der Waals surface area contributed by atoms with Gasteiger partial charge in [-0.25, -0.2) is 9.78 Å². The highest BCUT2D eigenvalue weighted by atomic mass is 16.7. The molecule has 1 saturated carbocycles. The fourth-order valence-electron chi connectivity index (χ4n) is 4.09. The van der Waals surface area contributed by atoms with Crippen molar-refractivity contribution in [1.29, 1.82) is 0 Å². The number of imidazole rings is 1. The van der Waals surface area contributed by atoms with Crippen LogP contribution in [0.4, 0.5) is 4.79 Å². The summed E-state index contributed by atoms with van der Waals surface area (Å²) >= 11 is 0. The third-order valence-electron chi connectivity index (χ3n) is 6.52. The minimum Gasteiger partial charge on any atom is -0.465 e. The van der Waals surface area contributed by atoms with E-state index in [1.165, 1.54) is 0 Å². The molecule has 8 heteroatoms. The first kappa shape index (κ1) is 20.0. The van der Waals surface area contributed by atoms with E-state index in [0.29, 0.717) is 0 Å². The largest absolute Gasteiger partial charge is 0.494 e. The molecule has 2 unspecified atom stereocenters. The van der Waals surface area contributed by atoms with Gasteiger partial charge in [-0.3, -0.25) is 0 Å². The number of hydrogen-bond acceptors (Lipinski definition) is 4. The number of hydrogen-bond donors (Lipinski definition) is 3. The molecule has 2 aliphatic rings. The van der Waals surface area contributed by atoms with Crippen molar-refractivity contribution in [2.45, 2.75) is 70.1 Å². The Bertz CT molecular complexity index is 878. The van der Waals surface area contributed by atoms with Gasteiger partial charge in [-0.2, -0.15) is 0 Å². The number of carboxylic acid groups (broad SMARTS) is 1. The first-order valence-corrected chi connectivity index (χ1v) is 10.2. The van der Waals surface area contributed by atoms with Crippen LogP contribution in [0.1, 0.15) is 58.7 Å². The van der Waals surface area contributed by atoms with Crippen molar-refractivity contribution in [1.82, 2.24) is 15.3 Å².